The van der Waals surface area contributed by atoms with Gasteiger partial charge in [0.05, 0.1) is 23.3 Å². The molecule has 1 aromatic carbocycles. The largest absolute Gasteiger partial charge is 0.506 e. The van der Waals surface area contributed by atoms with E-state index >= 15 is 0 Å². The first-order chi connectivity index (χ1) is 13.4. The van der Waals surface area contributed by atoms with Gasteiger partial charge in [-0.15, -0.1) is 0 Å². The van der Waals surface area contributed by atoms with Crippen molar-refractivity contribution in [3.05, 3.63) is 45.7 Å². The number of ether oxygens (including phenoxy) is 1. The van der Waals surface area contributed by atoms with Gasteiger partial charge in [-0.3, -0.25) is 4.79 Å². The van der Waals surface area contributed by atoms with E-state index in [2.05, 4.69) is 20.0 Å². The number of carbonyl (C=O) groups is 2. The highest BCUT2D eigenvalue weighted by molar-refractivity contribution is 6.36. The summed E-state index contributed by atoms with van der Waals surface area (Å²) >= 11 is 11.8. The van der Waals surface area contributed by atoms with Gasteiger partial charge in [-0.2, -0.15) is 0 Å². The molecular formula is C18H18Cl2N4O4. The quantitative estimate of drug-likeness (QED) is 0.726. The van der Waals surface area contributed by atoms with Gasteiger partial charge >= 0.3 is 5.97 Å². The molecule has 0 atom stereocenters. The zero-order valence-corrected chi connectivity index (χ0v) is 16.5. The predicted molar refractivity (Wildman–Crippen MR) is 104 cm³/mol. The molecule has 28 heavy (non-hydrogen) atoms. The first-order valence-electron chi connectivity index (χ1n) is 8.53. The summed E-state index contributed by atoms with van der Waals surface area (Å²) in [5.41, 5.74) is 0.329. The number of rotatable bonds is 4. The zero-order chi connectivity index (χ0) is 20.3. The van der Waals surface area contributed by atoms with E-state index in [1.807, 2.05) is 4.90 Å². The second-order valence-electron chi connectivity index (χ2n) is 6.28. The van der Waals surface area contributed by atoms with Crippen molar-refractivity contribution in [1.29, 1.82) is 0 Å². The molecule has 3 rings (SSSR count). The molecule has 0 aliphatic carbocycles. The Labute approximate surface area is 171 Å². The number of nitrogens with one attached hydrogen (secondary N) is 1. The Bertz CT molecular complexity index is 884. The molecule has 0 spiro atoms. The van der Waals surface area contributed by atoms with Crippen LogP contribution in [0.5, 0.6) is 5.75 Å². The number of benzene rings is 1. The van der Waals surface area contributed by atoms with Gasteiger partial charge in [0, 0.05) is 36.5 Å². The number of aromatic nitrogens is 2. The third-order valence-corrected chi connectivity index (χ3v) is 4.95. The summed E-state index contributed by atoms with van der Waals surface area (Å²) < 4.78 is 4.63. The summed E-state index contributed by atoms with van der Waals surface area (Å²) in [6, 6.07) is 2.68. The standard InChI is InChI=1S/C18H18Cl2N4O4/c1-28-17(27)10-8-21-18(22-9-10)24-4-2-12(3-5-24)23-16(26)13-6-11(19)7-14(20)15(13)25/h6-9,12,25H,2-5H2,1H3,(H,23,26). The molecule has 2 N–H and O–H groups in total. The van der Waals surface area contributed by atoms with Crippen LogP contribution < -0.4 is 10.2 Å². The zero-order valence-electron chi connectivity index (χ0n) is 15.0. The Balaban J connectivity index is 1.58. The molecule has 1 amide bonds. The van der Waals surface area contributed by atoms with E-state index in [0.717, 1.165) is 0 Å². The van der Waals surface area contributed by atoms with E-state index in [1.54, 1.807) is 0 Å². The van der Waals surface area contributed by atoms with Crippen LogP contribution in [0.4, 0.5) is 5.95 Å². The lowest BCUT2D eigenvalue weighted by Gasteiger charge is -2.32. The minimum atomic E-state index is -0.489. The van der Waals surface area contributed by atoms with E-state index in [9.17, 15) is 14.7 Å². The molecule has 1 saturated heterocycles. The fraction of sp³-hybridized carbons (Fsp3) is 0.333. The maximum Gasteiger partial charge on any atom is 0.341 e. The topological polar surface area (TPSA) is 105 Å². The molecule has 2 aromatic rings. The molecule has 10 heteroatoms. The Morgan fingerprint density at radius 3 is 2.46 bits per heavy atom. The average Bonchev–Trinajstić information content (AvgIpc) is 2.70. The molecule has 0 radical (unpaired) electrons. The van der Waals surface area contributed by atoms with Crippen molar-refractivity contribution in [2.45, 2.75) is 18.9 Å². The third-order valence-electron chi connectivity index (χ3n) is 4.45. The Morgan fingerprint density at radius 1 is 1.21 bits per heavy atom. The van der Waals surface area contributed by atoms with Crippen LogP contribution in [0.2, 0.25) is 10.0 Å². The SMILES string of the molecule is COC(=O)c1cnc(N2CCC(NC(=O)c3cc(Cl)cc(Cl)c3O)CC2)nc1. The van der Waals surface area contributed by atoms with Gasteiger partial charge in [0.25, 0.3) is 5.91 Å². The molecule has 0 saturated carbocycles. The average molecular weight is 425 g/mol. The van der Waals surface area contributed by atoms with Gasteiger partial charge in [0.2, 0.25) is 5.95 Å². The van der Waals surface area contributed by atoms with Crippen molar-refractivity contribution in [2.75, 3.05) is 25.1 Å². The van der Waals surface area contributed by atoms with Crippen molar-refractivity contribution in [3.8, 4) is 5.75 Å². The van der Waals surface area contributed by atoms with Crippen LogP contribution in [0.15, 0.2) is 24.5 Å². The smallest absolute Gasteiger partial charge is 0.341 e. The number of anilines is 1. The molecule has 0 unspecified atom stereocenters. The number of esters is 1. The lowest BCUT2D eigenvalue weighted by Crippen LogP contribution is -2.45. The monoisotopic (exact) mass is 424 g/mol. The number of aromatic hydroxyl groups is 1. The summed E-state index contributed by atoms with van der Waals surface area (Å²) in [4.78, 5) is 34.3. The maximum atomic E-state index is 12.4. The minimum Gasteiger partial charge on any atom is -0.506 e. The number of piperidine rings is 1. The summed E-state index contributed by atoms with van der Waals surface area (Å²) in [6.45, 7) is 1.26. The van der Waals surface area contributed by atoms with Gasteiger partial charge in [0.15, 0.2) is 0 Å². The van der Waals surface area contributed by atoms with Crippen molar-refractivity contribution in [2.24, 2.45) is 0 Å². The number of carbonyl (C=O) groups excluding carboxylic acids is 2. The van der Waals surface area contributed by atoms with E-state index in [0.29, 0.717) is 31.9 Å². The van der Waals surface area contributed by atoms with Crippen molar-refractivity contribution in [1.82, 2.24) is 15.3 Å². The molecule has 0 bridgehead atoms. The first-order valence-corrected chi connectivity index (χ1v) is 9.29. The number of phenols is 1. The van der Waals surface area contributed by atoms with E-state index < -0.39 is 11.9 Å². The second-order valence-corrected chi connectivity index (χ2v) is 7.13. The van der Waals surface area contributed by atoms with E-state index in [-0.39, 0.29) is 33.0 Å². The highest BCUT2D eigenvalue weighted by atomic mass is 35.5. The van der Waals surface area contributed by atoms with Gasteiger partial charge in [-0.05, 0) is 25.0 Å². The molecule has 2 heterocycles. The highest BCUT2D eigenvalue weighted by Gasteiger charge is 2.24. The van der Waals surface area contributed by atoms with Crippen LogP contribution in [-0.4, -0.2) is 53.2 Å². The fourth-order valence-electron chi connectivity index (χ4n) is 2.93. The maximum absolute atomic E-state index is 12.4. The van der Waals surface area contributed by atoms with Gasteiger partial charge in [-0.1, -0.05) is 23.2 Å². The molecule has 1 aromatic heterocycles. The summed E-state index contributed by atoms with van der Waals surface area (Å²) in [5, 5.41) is 13.2. The van der Waals surface area contributed by atoms with Crippen LogP contribution in [0.1, 0.15) is 33.6 Å². The van der Waals surface area contributed by atoms with Gasteiger partial charge in [-0.25, -0.2) is 14.8 Å². The second kappa shape index (κ2) is 8.62. The van der Waals surface area contributed by atoms with Crippen LogP contribution in [0, 0.1) is 0 Å². The molecular weight excluding hydrogens is 407 g/mol. The van der Waals surface area contributed by atoms with Crippen molar-refractivity contribution in [3.63, 3.8) is 0 Å². The number of methoxy groups -OCH3 is 1. The highest BCUT2D eigenvalue weighted by Crippen LogP contribution is 2.31. The molecule has 1 aliphatic heterocycles. The first kappa shape index (κ1) is 20.2. The lowest BCUT2D eigenvalue weighted by atomic mass is 10.0. The number of amides is 1. The Morgan fingerprint density at radius 2 is 1.86 bits per heavy atom. The molecule has 1 fully saturated rings. The van der Waals surface area contributed by atoms with Gasteiger partial charge in [0.1, 0.15) is 5.75 Å². The number of halogens is 2. The number of phenolic OH excluding ortho intramolecular Hbond substituents is 1. The number of hydrogen-bond donors (Lipinski definition) is 2. The van der Waals surface area contributed by atoms with Crippen LogP contribution in [0.3, 0.4) is 0 Å². The summed E-state index contributed by atoms with van der Waals surface area (Å²) in [7, 11) is 1.30. The Kier molecular flexibility index (Phi) is 6.21. The summed E-state index contributed by atoms with van der Waals surface area (Å²) in [5.74, 6) is -0.701. The fourth-order valence-corrected chi connectivity index (χ4v) is 3.43. The molecule has 1 aliphatic rings. The molecule has 8 nitrogen and oxygen atoms in total. The third kappa shape index (κ3) is 4.45. The molecule has 148 valence electrons. The normalized spacial score (nSPS) is 14.6. The van der Waals surface area contributed by atoms with Crippen LogP contribution in [-0.2, 0) is 4.74 Å². The Hall–Kier alpha value is -2.58. The van der Waals surface area contributed by atoms with Gasteiger partial charge < -0.3 is 20.1 Å². The summed E-state index contributed by atoms with van der Waals surface area (Å²) in [6.07, 6.45) is 4.19. The van der Waals surface area contributed by atoms with Crippen LogP contribution in [0.25, 0.3) is 0 Å². The van der Waals surface area contributed by atoms with E-state index in [4.69, 9.17) is 23.2 Å². The van der Waals surface area contributed by atoms with Crippen LogP contribution >= 0.6 is 23.2 Å². The van der Waals surface area contributed by atoms with Crippen molar-refractivity contribution >= 4 is 41.0 Å². The minimum absolute atomic E-state index is 0.0278. The van der Waals surface area contributed by atoms with Crippen molar-refractivity contribution < 1.29 is 19.4 Å². The number of nitrogens with zero attached hydrogens (tertiary/aromatic N) is 3. The predicted octanol–water partition coefficient (Wildman–Crippen LogP) is 2.67. The van der Waals surface area contributed by atoms with E-state index in [1.165, 1.54) is 31.6 Å². The number of hydrogen-bond acceptors (Lipinski definition) is 7. The lowest BCUT2D eigenvalue weighted by molar-refractivity contribution is 0.0599.